The van der Waals surface area contributed by atoms with E-state index in [-0.39, 0.29) is 0 Å². The molecule has 3 heteroatoms. The topological polar surface area (TPSA) is 24.9 Å². The van der Waals surface area contributed by atoms with Crippen molar-refractivity contribution in [3.8, 4) is 0 Å². The van der Waals surface area contributed by atoms with Gasteiger partial charge in [-0.25, -0.2) is 4.98 Å². The summed E-state index contributed by atoms with van der Waals surface area (Å²) in [6.07, 6.45) is 0. The van der Waals surface area contributed by atoms with E-state index in [9.17, 15) is 0 Å². The van der Waals surface area contributed by atoms with Crippen LogP contribution in [-0.2, 0) is 6.54 Å². The fourth-order valence-electron chi connectivity index (χ4n) is 1.58. The molecule has 2 nitrogen and oxygen atoms in total. The zero-order chi connectivity index (χ0) is 8.55. The lowest BCUT2D eigenvalue weighted by atomic mass is 9.98. The molecule has 2 heterocycles. The van der Waals surface area contributed by atoms with Crippen molar-refractivity contribution in [2.75, 3.05) is 6.54 Å². The first-order valence-electron chi connectivity index (χ1n) is 4.13. The van der Waals surface area contributed by atoms with Crippen LogP contribution in [0.4, 0.5) is 0 Å². The Morgan fingerprint density at radius 2 is 2.42 bits per heavy atom. The Morgan fingerprint density at radius 3 is 3.25 bits per heavy atom. The number of rotatable bonds is 0. The molecule has 0 fully saturated rings. The Labute approximate surface area is 77.0 Å². The highest BCUT2D eigenvalue weighted by Gasteiger charge is 2.16. The lowest BCUT2D eigenvalue weighted by Crippen LogP contribution is -2.27. The summed E-state index contributed by atoms with van der Waals surface area (Å²) in [6, 6.07) is 3.90. The standard InChI is InChI=1S/C9H11ClN2/c1-6-4-11-5-7-2-3-8(10)12-9(6)7/h2-3,6,11H,4-5H2,1H3/t6-/m1/s1. The maximum Gasteiger partial charge on any atom is 0.129 e. The molecule has 1 aromatic rings. The zero-order valence-electron chi connectivity index (χ0n) is 6.97. The number of halogens is 1. The highest BCUT2D eigenvalue weighted by Crippen LogP contribution is 2.22. The molecule has 64 valence electrons. The van der Waals surface area contributed by atoms with Gasteiger partial charge >= 0.3 is 0 Å². The summed E-state index contributed by atoms with van der Waals surface area (Å²) in [5, 5.41) is 3.93. The Balaban J connectivity index is 2.47. The highest BCUT2D eigenvalue weighted by molar-refractivity contribution is 6.29. The zero-order valence-corrected chi connectivity index (χ0v) is 7.73. The number of hydrogen-bond acceptors (Lipinski definition) is 2. The molecule has 0 unspecified atom stereocenters. The smallest absolute Gasteiger partial charge is 0.129 e. The van der Waals surface area contributed by atoms with Crippen molar-refractivity contribution in [2.24, 2.45) is 0 Å². The number of fused-ring (bicyclic) bond motifs is 1. The van der Waals surface area contributed by atoms with E-state index in [0.29, 0.717) is 11.1 Å². The molecular weight excluding hydrogens is 172 g/mol. The van der Waals surface area contributed by atoms with Crippen LogP contribution in [0.2, 0.25) is 5.15 Å². The molecule has 0 aliphatic carbocycles. The van der Waals surface area contributed by atoms with Crippen molar-refractivity contribution < 1.29 is 0 Å². The number of pyridine rings is 1. The number of nitrogens with one attached hydrogen (secondary N) is 1. The first-order valence-corrected chi connectivity index (χ1v) is 4.51. The molecule has 0 spiro atoms. The normalized spacial score (nSPS) is 22.0. The summed E-state index contributed by atoms with van der Waals surface area (Å²) in [5.74, 6) is 0.479. The van der Waals surface area contributed by atoms with Gasteiger partial charge in [-0.2, -0.15) is 0 Å². The Hall–Kier alpha value is -0.600. The van der Waals surface area contributed by atoms with Gasteiger partial charge in [0.1, 0.15) is 5.15 Å². The molecule has 0 bridgehead atoms. The van der Waals surface area contributed by atoms with Gasteiger partial charge < -0.3 is 5.32 Å². The molecule has 0 radical (unpaired) electrons. The van der Waals surface area contributed by atoms with E-state index in [0.717, 1.165) is 18.8 Å². The van der Waals surface area contributed by atoms with Crippen LogP contribution in [-0.4, -0.2) is 11.5 Å². The van der Waals surface area contributed by atoms with Crippen molar-refractivity contribution >= 4 is 11.6 Å². The van der Waals surface area contributed by atoms with E-state index in [4.69, 9.17) is 11.6 Å². The van der Waals surface area contributed by atoms with Crippen molar-refractivity contribution in [1.29, 1.82) is 0 Å². The summed E-state index contributed by atoms with van der Waals surface area (Å²) in [7, 11) is 0. The minimum absolute atomic E-state index is 0.479. The van der Waals surface area contributed by atoms with Crippen LogP contribution in [0.1, 0.15) is 24.1 Å². The van der Waals surface area contributed by atoms with Crippen LogP contribution in [0.25, 0.3) is 0 Å². The van der Waals surface area contributed by atoms with Crippen molar-refractivity contribution in [3.05, 3.63) is 28.5 Å². The fraction of sp³-hybridized carbons (Fsp3) is 0.444. The molecule has 2 rings (SSSR count). The van der Waals surface area contributed by atoms with E-state index in [1.165, 1.54) is 5.56 Å². The summed E-state index contributed by atoms with van der Waals surface area (Å²) >= 11 is 5.81. The highest BCUT2D eigenvalue weighted by atomic mass is 35.5. The Morgan fingerprint density at radius 1 is 1.58 bits per heavy atom. The van der Waals surface area contributed by atoms with Crippen LogP contribution in [0.5, 0.6) is 0 Å². The predicted octanol–water partition coefficient (Wildman–Crippen LogP) is 1.94. The van der Waals surface area contributed by atoms with Gasteiger partial charge in [-0.05, 0) is 11.6 Å². The second-order valence-electron chi connectivity index (χ2n) is 3.21. The summed E-state index contributed by atoms with van der Waals surface area (Å²) in [5.41, 5.74) is 2.43. The Bertz CT molecular complexity index is 299. The van der Waals surface area contributed by atoms with E-state index in [2.05, 4.69) is 17.2 Å². The number of aromatic nitrogens is 1. The first-order chi connectivity index (χ1) is 5.77. The monoisotopic (exact) mass is 182 g/mol. The largest absolute Gasteiger partial charge is 0.312 e. The molecule has 0 aromatic carbocycles. The van der Waals surface area contributed by atoms with Crippen LogP contribution in [0, 0.1) is 0 Å². The van der Waals surface area contributed by atoms with Gasteiger partial charge in [0.05, 0.1) is 5.69 Å². The summed E-state index contributed by atoms with van der Waals surface area (Å²) in [4.78, 5) is 4.32. The van der Waals surface area contributed by atoms with E-state index >= 15 is 0 Å². The number of hydrogen-bond donors (Lipinski definition) is 1. The quantitative estimate of drug-likeness (QED) is 0.621. The molecule has 1 N–H and O–H groups in total. The van der Waals surface area contributed by atoms with Gasteiger partial charge in [-0.3, -0.25) is 0 Å². The number of nitrogens with zero attached hydrogens (tertiary/aromatic N) is 1. The molecule has 1 aliphatic heterocycles. The molecule has 0 saturated heterocycles. The van der Waals surface area contributed by atoms with Crippen LogP contribution in [0.15, 0.2) is 12.1 Å². The summed E-state index contributed by atoms with van der Waals surface area (Å²) in [6.45, 7) is 4.08. The molecule has 0 saturated carbocycles. The molecule has 12 heavy (non-hydrogen) atoms. The van der Waals surface area contributed by atoms with Gasteiger partial charge in [0, 0.05) is 19.0 Å². The molecule has 0 amide bonds. The van der Waals surface area contributed by atoms with Crippen molar-refractivity contribution in [1.82, 2.24) is 10.3 Å². The van der Waals surface area contributed by atoms with Gasteiger partial charge in [-0.1, -0.05) is 24.6 Å². The first kappa shape index (κ1) is 8.02. The third-order valence-corrected chi connectivity index (χ3v) is 2.42. The average molecular weight is 183 g/mol. The predicted molar refractivity (Wildman–Crippen MR) is 49.4 cm³/mol. The van der Waals surface area contributed by atoms with Crippen molar-refractivity contribution in [3.63, 3.8) is 0 Å². The Kier molecular flexibility index (Phi) is 2.03. The fourth-order valence-corrected chi connectivity index (χ4v) is 1.73. The molecule has 1 atom stereocenters. The lowest BCUT2D eigenvalue weighted by molar-refractivity contribution is 0.557. The second-order valence-corrected chi connectivity index (χ2v) is 3.60. The van der Waals surface area contributed by atoms with Gasteiger partial charge in [0.2, 0.25) is 0 Å². The summed E-state index contributed by atoms with van der Waals surface area (Å²) < 4.78 is 0. The minimum Gasteiger partial charge on any atom is -0.312 e. The second kappa shape index (κ2) is 3.04. The molecule has 1 aromatic heterocycles. The van der Waals surface area contributed by atoms with Gasteiger partial charge in [0.15, 0.2) is 0 Å². The molecular formula is C9H11ClN2. The van der Waals surface area contributed by atoms with Gasteiger partial charge in [0.25, 0.3) is 0 Å². The average Bonchev–Trinajstić information content (AvgIpc) is 2.07. The van der Waals surface area contributed by atoms with Crippen LogP contribution < -0.4 is 5.32 Å². The lowest BCUT2D eigenvalue weighted by Gasteiger charge is -2.21. The third-order valence-electron chi connectivity index (χ3n) is 2.21. The van der Waals surface area contributed by atoms with Crippen LogP contribution in [0.3, 0.4) is 0 Å². The maximum atomic E-state index is 5.81. The van der Waals surface area contributed by atoms with Gasteiger partial charge in [-0.15, -0.1) is 0 Å². The molecule has 1 aliphatic rings. The minimum atomic E-state index is 0.479. The van der Waals surface area contributed by atoms with E-state index < -0.39 is 0 Å². The van der Waals surface area contributed by atoms with Crippen LogP contribution >= 0.6 is 11.6 Å². The van der Waals surface area contributed by atoms with E-state index in [1.807, 2.05) is 12.1 Å². The SMILES string of the molecule is C[C@@H]1CNCc2ccc(Cl)nc21. The van der Waals surface area contributed by atoms with Crippen molar-refractivity contribution in [2.45, 2.75) is 19.4 Å². The van der Waals surface area contributed by atoms with E-state index in [1.54, 1.807) is 0 Å². The third kappa shape index (κ3) is 1.32. The maximum absolute atomic E-state index is 5.81.